The molecule has 158 valence electrons. The number of piperidine rings is 1. The normalized spacial score (nSPS) is 19.4. The monoisotopic (exact) mass is 421 g/mol. The molecule has 0 bridgehead atoms. The van der Waals surface area contributed by atoms with Crippen molar-refractivity contribution in [2.75, 3.05) is 38.6 Å². The third-order valence-electron chi connectivity index (χ3n) is 5.58. The van der Waals surface area contributed by atoms with E-state index >= 15 is 0 Å². The van der Waals surface area contributed by atoms with E-state index in [1.807, 2.05) is 4.90 Å². The number of hydrogen-bond acceptors (Lipinski definition) is 4. The highest BCUT2D eigenvalue weighted by atomic mass is 35.5. The van der Waals surface area contributed by atoms with Crippen LogP contribution in [0, 0.1) is 5.92 Å². The van der Waals surface area contributed by atoms with E-state index in [9.17, 15) is 14.4 Å². The molecule has 3 rings (SSSR count). The maximum atomic E-state index is 12.5. The SMILES string of the molecule is COc1ccc(NC(=O)CC[C@H]2CCCN(C(=O)CN3CCCC3=O)C2)cc1Cl. The fourth-order valence-electron chi connectivity index (χ4n) is 3.96. The number of likely N-dealkylation sites (tertiary alicyclic amines) is 2. The van der Waals surface area contributed by atoms with Crippen LogP contribution in [0.1, 0.15) is 38.5 Å². The summed E-state index contributed by atoms with van der Waals surface area (Å²) in [6, 6.07) is 5.13. The minimum atomic E-state index is -0.0719. The highest BCUT2D eigenvalue weighted by Gasteiger charge is 2.28. The Morgan fingerprint density at radius 3 is 2.79 bits per heavy atom. The van der Waals surface area contributed by atoms with Crippen molar-refractivity contribution < 1.29 is 19.1 Å². The highest BCUT2D eigenvalue weighted by Crippen LogP contribution is 2.27. The van der Waals surface area contributed by atoms with Gasteiger partial charge in [-0.3, -0.25) is 14.4 Å². The number of methoxy groups -OCH3 is 1. The molecular weight excluding hydrogens is 394 g/mol. The van der Waals surface area contributed by atoms with Gasteiger partial charge >= 0.3 is 0 Å². The number of carbonyl (C=O) groups excluding carboxylic acids is 3. The second-order valence-electron chi connectivity index (χ2n) is 7.70. The molecule has 1 N–H and O–H groups in total. The van der Waals surface area contributed by atoms with E-state index in [0.717, 1.165) is 32.2 Å². The van der Waals surface area contributed by atoms with Crippen molar-refractivity contribution in [1.29, 1.82) is 0 Å². The van der Waals surface area contributed by atoms with Gasteiger partial charge in [0.05, 0.1) is 18.7 Å². The predicted octanol–water partition coefficient (Wildman–Crippen LogP) is 2.93. The molecule has 1 aromatic rings. The lowest BCUT2D eigenvalue weighted by Gasteiger charge is -2.33. The van der Waals surface area contributed by atoms with Crippen molar-refractivity contribution in [2.24, 2.45) is 5.92 Å². The minimum absolute atomic E-state index is 0.0160. The van der Waals surface area contributed by atoms with Gasteiger partial charge < -0.3 is 19.9 Å². The van der Waals surface area contributed by atoms with E-state index in [2.05, 4.69) is 5.32 Å². The fourth-order valence-corrected chi connectivity index (χ4v) is 4.22. The molecule has 1 aromatic carbocycles. The van der Waals surface area contributed by atoms with Gasteiger partial charge in [0.15, 0.2) is 0 Å². The molecule has 0 spiro atoms. The van der Waals surface area contributed by atoms with Crippen LogP contribution in [0.2, 0.25) is 5.02 Å². The van der Waals surface area contributed by atoms with Crippen molar-refractivity contribution in [3.05, 3.63) is 23.2 Å². The third kappa shape index (κ3) is 5.85. The molecule has 0 radical (unpaired) electrons. The maximum Gasteiger partial charge on any atom is 0.242 e. The molecule has 0 saturated carbocycles. The first kappa shape index (κ1) is 21.4. The molecule has 8 heteroatoms. The highest BCUT2D eigenvalue weighted by molar-refractivity contribution is 6.32. The first-order chi connectivity index (χ1) is 14.0. The van der Waals surface area contributed by atoms with Crippen LogP contribution >= 0.6 is 11.6 Å². The molecular formula is C21H28ClN3O4. The van der Waals surface area contributed by atoms with Gasteiger partial charge in [0, 0.05) is 38.2 Å². The summed E-state index contributed by atoms with van der Waals surface area (Å²) in [7, 11) is 1.54. The van der Waals surface area contributed by atoms with Crippen LogP contribution in [0.15, 0.2) is 18.2 Å². The molecule has 7 nitrogen and oxygen atoms in total. The predicted molar refractivity (Wildman–Crippen MR) is 111 cm³/mol. The van der Waals surface area contributed by atoms with Crippen LogP contribution in [-0.2, 0) is 14.4 Å². The van der Waals surface area contributed by atoms with Crippen LogP contribution in [0.4, 0.5) is 5.69 Å². The van der Waals surface area contributed by atoms with Crippen molar-refractivity contribution in [2.45, 2.75) is 38.5 Å². The van der Waals surface area contributed by atoms with Crippen LogP contribution in [0.25, 0.3) is 0 Å². The lowest BCUT2D eigenvalue weighted by molar-refractivity contribution is -0.139. The van der Waals surface area contributed by atoms with Gasteiger partial charge in [0.2, 0.25) is 17.7 Å². The second kappa shape index (κ2) is 9.96. The van der Waals surface area contributed by atoms with Gasteiger partial charge in [-0.05, 0) is 49.8 Å². The minimum Gasteiger partial charge on any atom is -0.495 e. The zero-order chi connectivity index (χ0) is 20.8. The Balaban J connectivity index is 1.44. The molecule has 2 saturated heterocycles. The Labute approximate surface area is 176 Å². The topological polar surface area (TPSA) is 79.0 Å². The zero-order valence-corrected chi connectivity index (χ0v) is 17.5. The average molecular weight is 422 g/mol. The number of amides is 3. The van der Waals surface area contributed by atoms with Gasteiger partial charge in [0.25, 0.3) is 0 Å². The summed E-state index contributed by atoms with van der Waals surface area (Å²) >= 11 is 6.09. The van der Waals surface area contributed by atoms with Crippen molar-refractivity contribution in [3.8, 4) is 5.75 Å². The van der Waals surface area contributed by atoms with Gasteiger partial charge in [-0.2, -0.15) is 0 Å². The number of ether oxygens (including phenoxy) is 1. The lowest BCUT2D eigenvalue weighted by Crippen LogP contribution is -2.45. The summed E-state index contributed by atoms with van der Waals surface area (Å²) in [5.74, 6) is 0.876. The maximum absolute atomic E-state index is 12.5. The molecule has 0 unspecified atom stereocenters. The van der Waals surface area contributed by atoms with Gasteiger partial charge in [-0.15, -0.1) is 0 Å². The Kier molecular flexibility index (Phi) is 7.36. The lowest BCUT2D eigenvalue weighted by atomic mass is 9.93. The molecule has 29 heavy (non-hydrogen) atoms. The van der Waals surface area contributed by atoms with Crippen LogP contribution in [0.3, 0.4) is 0 Å². The molecule has 2 fully saturated rings. The standard InChI is InChI=1S/C21H28ClN3O4/c1-29-18-8-7-16(12-17(18)22)23-19(26)9-6-15-4-2-10-24(13-15)21(28)14-25-11-3-5-20(25)27/h7-8,12,15H,2-6,9-11,13-14H2,1H3,(H,23,26)/t15-/m1/s1. The largest absolute Gasteiger partial charge is 0.495 e. The third-order valence-corrected chi connectivity index (χ3v) is 5.88. The number of rotatable bonds is 7. The summed E-state index contributed by atoms with van der Waals surface area (Å²) in [4.78, 5) is 40.1. The van der Waals surface area contributed by atoms with Crippen molar-refractivity contribution >= 4 is 35.0 Å². The summed E-state index contributed by atoms with van der Waals surface area (Å²) in [5.41, 5.74) is 0.636. The number of anilines is 1. The molecule has 2 heterocycles. The van der Waals surface area contributed by atoms with E-state index in [4.69, 9.17) is 16.3 Å². The summed E-state index contributed by atoms with van der Waals surface area (Å²) in [6.45, 7) is 2.25. The average Bonchev–Trinajstić information content (AvgIpc) is 3.11. The van der Waals surface area contributed by atoms with Crippen LogP contribution in [0.5, 0.6) is 5.75 Å². The van der Waals surface area contributed by atoms with Crippen molar-refractivity contribution in [3.63, 3.8) is 0 Å². The smallest absolute Gasteiger partial charge is 0.242 e. The molecule has 0 aliphatic carbocycles. The number of nitrogens with zero attached hydrogens (tertiary/aromatic N) is 2. The summed E-state index contributed by atoms with van der Waals surface area (Å²) in [6.07, 6.45) is 4.44. The first-order valence-electron chi connectivity index (χ1n) is 10.1. The number of carbonyl (C=O) groups is 3. The summed E-state index contributed by atoms with van der Waals surface area (Å²) < 4.78 is 5.11. The summed E-state index contributed by atoms with van der Waals surface area (Å²) in [5, 5.41) is 3.30. The van der Waals surface area contributed by atoms with Crippen molar-refractivity contribution in [1.82, 2.24) is 9.80 Å². The quantitative estimate of drug-likeness (QED) is 0.734. The Morgan fingerprint density at radius 1 is 1.28 bits per heavy atom. The van der Waals surface area contributed by atoms with E-state index in [0.29, 0.717) is 48.3 Å². The Hall–Kier alpha value is -2.28. The van der Waals surface area contributed by atoms with Gasteiger partial charge in [-0.1, -0.05) is 11.6 Å². The van der Waals surface area contributed by atoms with E-state index in [-0.39, 0.29) is 24.3 Å². The fraction of sp³-hybridized carbons (Fsp3) is 0.571. The van der Waals surface area contributed by atoms with E-state index in [1.54, 1.807) is 30.2 Å². The Bertz CT molecular complexity index is 770. The Morgan fingerprint density at radius 2 is 2.10 bits per heavy atom. The molecule has 2 aliphatic rings. The first-order valence-corrected chi connectivity index (χ1v) is 10.5. The van der Waals surface area contributed by atoms with Gasteiger partial charge in [-0.25, -0.2) is 0 Å². The van der Waals surface area contributed by atoms with Crippen LogP contribution < -0.4 is 10.1 Å². The van der Waals surface area contributed by atoms with Crippen LogP contribution in [-0.4, -0.2) is 60.8 Å². The van der Waals surface area contributed by atoms with E-state index in [1.165, 1.54) is 0 Å². The zero-order valence-electron chi connectivity index (χ0n) is 16.8. The second-order valence-corrected chi connectivity index (χ2v) is 8.11. The molecule has 3 amide bonds. The number of benzene rings is 1. The molecule has 2 aliphatic heterocycles. The molecule has 0 aromatic heterocycles. The number of hydrogen-bond donors (Lipinski definition) is 1. The molecule has 1 atom stereocenters. The van der Waals surface area contributed by atoms with Gasteiger partial charge in [0.1, 0.15) is 5.75 Å². The number of halogens is 1. The number of nitrogens with one attached hydrogen (secondary N) is 1. The van der Waals surface area contributed by atoms with E-state index < -0.39 is 0 Å².